The van der Waals surface area contributed by atoms with Crippen LogP contribution in [0.25, 0.3) is 11.3 Å². The number of aromatic nitrogens is 1. The molecular weight excluding hydrogens is 527 g/mol. The second-order valence-electron chi connectivity index (χ2n) is 8.94. The standard InChI is InChI=1S/C28H24Cl2N4O2S/c29-21-9-4-18(17-22(21)30)24-10-11-25(36-24)27-26(23-3-1-2-12-31-23)32-28(37)34(27)20-7-5-19(6-8-20)33-13-15-35-16-14-33/h1-12,17,26-27H,13-16H2,(H,32,37). The van der Waals surface area contributed by atoms with Gasteiger partial charge in [0, 0.05) is 36.2 Å². The Labute approximate surface area is 230 Å². The Morgan fingerprint density at radius 3 is 2.41 bits per heavy atom. The largest absolute Gasteiger partial charge is 0.459 e. The SMILES string of the molecule is S=C1NC(c2ccccn2)C(c2ccc(-c3ccc(Cl)c(Cl)c3)o2)N1c1ccc(N2CCOCC2)cc1. The van der Waals surface area contributed by atoms with Crippen LogP contribution in [-0.2, 0) is 4.74 Å². The van der Waals surface area contributed by atoms with Crippen molar-refractivity contribution in [2.75, 3.05) is 36.1 Å². The lowest BCUT2D eigenvalue weighted by Crippen LogP contribution is -2.36. The first-order valence-corrected chi connectivity index (χ1v) is 13.2. The molecule has 2 aromatic carbocycles. The van der Waals surface area contributed by atoms with Crippen molar-refractivity contribution in [2.24, 2.45) is 0 Å². The second-order valence-corrected chi connectivity index (χ2v) is 10.1. The van der Waals surface area contributed by atoms with Crippen LogP contribution in [0.15, 0.2) is 83.4 Å². The first-order valence-electron chi connectivity index (χ1n) is 12.1. The van der Waals surface area contributed by atoms with Gasteiger partial charge >= 0.3 is 0 Å². The van der Waals surface area contributed by atoms with Gasteiger partial charge in [-0.05, 0) is 78.9 Å². The molecule has 2 unspecified atom stereocenters. The van der Waals surface area contributed by atoms with Gasteiger partial charge in [0.15, 0.2) is 5.11 Å². The summed E-state index contributed by atoms with van der Waals surface area (Å²) in [5.41, 5.74) is 3.88. The first kappa shape index (κ1) is 24.2. The number of rotatable bonds is 5. The van der Waals surface area contributed by atoms with Crippen molar-refractivity contribution < 1.29 is 9.15 Å². The number of nitrogens with one attached hydrogen (secondary N) is 1. The van der Waals surface area contributed by atoms with E-state index in [9.17, 15) is 0 Å². The van der Waals surface area contributed by atoms with Crippen LogP contribution in [-0.4, -0.2) is 36.4 Å². The van der Waals surface area contributed by atoms with Crippen LogP contribution >= 0.6 is 35.4 Å². The summed E-state index contributed by atoms with van der Waals surface area (Å²) in [6, 6.07) is 23.3. The molecule has 188 valence electrons. The summed E-state index contributed by atoms with van der Waals surface area (Å²) in [7, 11) is 0. The number of halogens is 2. The normalized spacial score (nSPS) is 19.8. The summed E-state index contributed by atoms with van der Waals surface area (Å²) in [4.78, 5) is 9.06. The minimum Gasteiger partial charge on any atom is -0.459 e. The Kier molecular flexibility index (Phi) is 6.78. The molecule has 2 aliphatic rings. The molecule has 37 heavy (non-hydrogen) atoms. The number of furan rings is 1. The highest BCUT2D eigenvalue weighted by Gasteiger charge is 2.42. The van der Waals surface area contributed by atoms with Crippen LogP contribution < -0.4 is 15.1 Å². The zero-order valence-electron chi connectivity index (χ0n) is 19.8. The zero-order chi connectivity index (χ0) is 25.4. The summed E-state index contributed by atoms with van der Waals surface area (Å²) in [6.45, 7) is 3.26. The molecule has 6 nitrogen and oxygen atoms in total. The molecule has 2 atom stereocenters. The lowest BCUT2D eigenvalue weighted by atomic mass is 10.0. The predicted octanol–water partition coefficient (Wildman–Crippen LogP) is 6.66. The first-order chi connectivity index (χ1) is 18.1. The minimum absolute atomic E-state index is 0.194. The maximum absolute atomic E-state index is 6.43. The average molecular weight is 551 g/mol. The minimum atomic E-state index is -0.242. The van der Waals surface area contributed by atoms with E-state index in [4.69, 9.17) is 44.6 Å². The van der Waals surface area contributed by atoms with Crippen molar-refractivity contribution >= 4 is 51.9 Å². The van der Waals surface area contributed by atoms with Crippen LogP contribution in [0, 0.1) is 0 Å². The average Bonchev–Trinajstić information content (AvgIpc) is 3.56. The van der Waals surface area contributed by atoms with E-state index in [0.29, 0.717) is 20.9 Å². The molecule has 2 aromatic heterocycles. The molecule has 4 heterocycles. The third-order valence-corrected chi connectivity index (χ3v) is 7.78. The highest BCUT2D eigenvalue weighted by Crippen LogP contribution is 2.43. The van der Waals surface area contributed by atoms with Gasteiger partial charge in [0.05, 0.1) is 35.0 Å². The Hall–Kier alpha value is -3.10. The Morgan fingerprint density at radius 2 is 1.68 bits per heavy atom. The maximum Gasteiger partial charge on any atom is 0.174 e. The van der Waals surface area contributed by atoms with Gasteiger partial charge in [-0.3, -0.25) is 4.98 Å². The van der Waals surface area contributed by atoms with Gasteiger partial charge in [-0.25, -0.2) is 0 Å². The van der Waals surface area contributed by atoms with Crippen molar-refractivity contribution in [3.05, 3.63) is 100 Å². The Morgan fingerprint density at radius 1 is 0.892 bits per heavy atom. The van der Waals surface area contributed by atoms with E-state index in [-0.39, 0.29) is 12.1 Å². The monoisotopic (exact) mass is 550 g/mol. The topological polar surface area (TPSA) is 53.8 Å². The number of nitrogens with zero attached hydrogens (tertiary/aromatic N) is 3. The Bertz CT molecular complexity index is 1410. The molecule has 0 radical (unpaired) electrons. The van der Waals surface area contributed by atoms with Crippen molar-refractivity contribution in [2.45, 2.75) is 12.1 Å². The molecule has 0 spiro atoms. The molecule has 6 rings (SSSR count). The van der Waals surface area contributed by atoms with Gasteiger partial charge in [-0.2, -0.15) is 0 Å². The number of benzene rings is 2. The van der Waals surface area contributed by atoms with E-state index < -0.39 is 0 Å². The second kappa shape index (κ2) is 10.3. The fourth-order valence-corrected chi connectivity index (χ4v) is 5.53. The van der Waals surface area contributed by atoms with Gasteiger partial charge in [0.25, 0.3) is 0 Å². The number of hydrogen-bond donors (Lipinski definition) is 1. The molecule has 0 aliphatic carbocycles. The smallest absolute Gasteiger partial charge is 0.174 e. The van der Waals surface area contributed by atoms with Crippen molar-refractivity contribution in [1.29, 1.82) is 0 Å². The highest BCUT2D eigenvalue weighted by molar-refractivity contribution is 7.80. The van der Waals surface area contributed by atoms with E-state index in [0.717, 1.165) is 49.0 Å². The van der Waals surface area contributed by atoms with Crippen LogP contribution in [0.4, 0.5) is 11.4 Å². The molecule has 0 bridgehead atoms. The number of anilines is 2. The number of hydrogen-bond acceptors (Lipinski definition) is 5. The van der Waals surface area contributed by atoms with Gasteiger partial charge in [0.2, 0.25) is 0 Å². The summed E-state index contributed by atoms with van der Waals surface area (Å²) < 4.78 is 11.9. The van der Waals surface area contributed by atoms with E-state index in [1.807, 2.05) is 42.5 Å². The quantitative estimate of drug-likeness (QED) is 0.279. The summed E-state index contributed by atoms with van der Waals surface area (Å²) in [5.74, 6) is 1.47. The van der Waals surface area contributed by atoms with Crippen LogP contribution in [0.1, 0.15) is 23.5 Å². The molecule has 1 N–H and O–H groups in total. The third kappa shape index (κ3) is 4.80. The lowest BCUT2D eigenvalue weighted by Gasteiger charge is -2.30. The van der Waals surface area contributed by atoms with Crippen molar-refractivity contribution in [1.82, 2.24) is 10.3 Å². The molecule has 0 saturated carbocycles. The zero-order valence-corrected chi connectivity index (χ0v) is 22.1. The van der Waals surface area contributed by atoms with Gasteiger partial charge in [-0.1, -0.05) is 29.3 Å². The molecule has 2 aliphatic heterocycles. The van der Waals surface area contributed by atoms with E-state index in [1.54, 1.807) is 12.3 Å². The number of pyridine rings is 1. The van der Waals surface area contributed by atoms with Crippen molar-refractivity contribution in [3.63, 3.8) is 0 Å². The summed E-state index contributed by atoms with van der Waals surface area (Å²) >= 11 is 18.2. The molecular formula is C28H24Cl2N4O2S. The van der Waals surface area contributed by atoms with Crippen LogP contribution in [0.3, 0.4) is 0 Å². The van der Waals surface area contributed by atoms with Crippen LogP contribution in [0.2, 0.25) is 10.0 Å². The number of ether oxygens (including phenoxy) is 1. The Balaban J connectivity index is 1.37. The van der Waals surface area contributed by atoms with E-state index in [2.05, 4.69) is 44.4 Å². The van der Waals surface area contributed by atoms with Crippen LogP contribution in [0.5, 0.6) is 0 Å². The molecule has 2 saturated heterocycles. The lowest BCUT2D eigenvalue weighted by molar-refractivity contribution is 0.122. The van der Waals surface area contributed by atoms with E-state index in [1.165, 1.54) is 5.69 Å². The summed E-state index contributed by atoms with van der Waals surface area (Å²) in [5, 5.41) is 5.08. The number of thiocarbonyl (C=S) groups is 1. The molecule has 9 heteroatoms. The van der Waals surface area contributed by atoms with E-state index >= 15 is 0 Å². The highest BCUT2D eigenvalue weighted by atomic mass is 35.5. The molecule has 2 fully saturated rings. The van der Waals surface area contributed by atoms with Crippen molar-refractivity contribution in [3.8, 4) is 11.3 Å². The number of morpholine rings is 1. The van der Waals surface area contributed by atoms with Gasteiger partial charge < -0.3 is 24.3 Å². The fourth-order valence-electron chi connectivity index (χ4n) is 4.88. The van der Waals surface area contributed by atoms with Gasteiger partial charge in [0.1, 0.15) is 17.6 Å². The predicted molar refractivity (Wildman–Crippen MR) is 152 cm³/mol. The molecule has 0 amide bonds. The third-order valence-electron chi connectivity index (χ3n) is 6.72. The summed E-state index contributed by atoms with van der Waals surface area (Å²) in [6.07, 6.45) is 1.79. The van der Waals surface area contributed by atoms with Gasteiger partial charge in [-0.15, -0.1) is 0 Å². The molecule has 4 aromatic rings. The maximum atomic E-state index is 6.43. The fraction of sp³-hybridized carbons (Fsp3) is 0.214.